The van der Waals surface area contributed by atoms with Crippen LogP contribution in [-0.2, 0) is 19.6 Å². The first-order chi connectivity index (χ1) is 12.6. The van der Waals surface area contributed by atoms with E-state index >= 15 is 0 Å². The first kappa shape index (κ1) is 19.6. The Bertz CT molecular complexity index is 623. The van der Waals surface area contributed by atoms with Gasteiger partial charge < -0.3 is 18.9 Å². The molecule has 26 heavy (non-hydrogen) atoms. The lowest BCUT2D eigenvalue weighted by Crippen LogP contribution is -2.22. The Balaban J connectivity index is 1.90. The Kier molecular flexibility index (Phi) is 7.34. The minimum Gasteiger partial charge on any atom is -0.493 e. The maximum Gasteiger partial charge on any atom is 0.543 e. The van der Waals surface area contributed by atoms with Gasteiger partial charge in [-0.15, -0.1) is 0 Å². The van der Waals surface area contributed by atoms with Crippen LogP contribution in [0.2, 0.25) is 0 Å². The summed E-state index contributed by atoms with van der Waals surface area (Å²) in [6.07, 6.45) is 3.39. The number of carbonyl (C=O) groups excluding carboxylic acids is 2. The van der Waals surface area contributed by atoms with Crippen LogP contribution in [0.1, 0.15) is 42.5 Å². The van der Waals surface area contributed by atoms with E-state index in [1.165, 1.54) is 33.5 Å². The summed E-state index contributed by atoms with van der Waals surface area (Å²) in [5.41, 5.74) is -0.00519. The van der Waals surface area contributed by atoms with Gasteiger partial charge >= 0.3 is 12.1 Å². The average Bonchev–Trinajstić information content (AvgIpc) is 2.67. The van der Waals surface area contributed by atoms with Gasteiger partial charge in [-0.3, -0.25) is 4.89 Å². The summed E-state index contributed by atoms with van der Waals surface area (Å²) in [6, 6.07) is 2.89. The van der Waals surface area contributed by atoms with Crippen molar-refractivity contribution < 1.29 is 43.3 Å². The highest BCUT2D eigenvalue weighted by Crippen LogP contribution is 2.39. The van der Waals surface area contributed by atoms with Gasteiger partial charge in [0.2, 0.25) is 5.75 Å². The summed E-state index contributed by atoms with van der Waals surface area (Å²) < 4.78 is 20.5. The molecule has 9 heteroatoms. The molecule has 0 atom stereocenters. The molecule has 0 aromatic heterocycles. The molecule has 0 bridgehead atoms. The first-order valence-electron chi connectivity index (χ1n) is 8.15. The van der Waals surface area contributed by atoms with Gasteiger partial charge in [0.15, 0.2) is 11.5 Å². The quantitative estimate of drug-likeness (QED) is 0.407. The fourth-order valence-electron chi connectivity index (χ4n) is 2.72. The molecule has 0 spiro atoms. The van der Waals surface area contributed by atoms with Gasteiger partial charge in [0.05, 0.1) is 26.4 Å². The molecular weight excluding hydrogens is 348 g/mol. The van der Waals surface area contributed by atoms with Crippen molar-refractivity contribution in [1.82, 2.24) is 0 Å². The summed E-state index contributed by atoms with van der Waals surface area (Å²) in [4.78, 5) is 32.4. The molecule has 0 unspecified atom stereocenters. The van der Waals surface area contributed by atoms with Crippen LogP contribution in [0.15, 0.2) is 12.1 Å². The summed E-state index contributed by atoms with van der Waals surface area (Å²) >= 11 is 0. The summed E-state index contributed by atoms with van der Waals surface area (Å²) in [5, 5.41) is 4.23. The Hall–Kier alpha value is -2.68. The predicted octanol–water partition coefficient (Wildman–Crippen LogP) is 3.20. The molecule has 0 amide bonds. The third-order valence-electron chi connectivity index (χ3n) is 3.95. The van der Waals surface area contributed by atoms with Crippen molar-refractivity contribution in [2.75, 3.05) is 21.3 Å². The molecule has 1 saturated carbocycles. The van der Waals surface area contributed by atoms with Gasteiger partial charge in [-0.05, 0) is 37.8 Å². The highest BCUT2D eigenvalue weighted by atomic mass is 17.5. The second-order valence-electron chi connectivity index (χ2n) is 5.53. The largest absolute Gasteiger partial charge is 0.543 e. The third-order valence-corrected chi connectivity index (χ3v) is 3.95. The van der Waals surface area contributed by atoms with Crippen LogP contribution in [0.3, 0.4) is 0 Å². The van der Waals surface area contributed by atoms with Crippen LogP contribution >= 0.6 is 0 Å². The molecule has 1 aromatic carbocycles. The molecule has 144 valence electrons. The summed E-state index contributed by atoms with van der Waals surface area (Å²) in [5.74, 6) is -0.283. The Labute approximate surface area is 150 Å². The molecule has 0 aliphatic heterocycles. The maximum absolute atomic E-state index is 12.1. The molecule has 1 aliphatic carbocycles. The number of hydrogen-bond donors (Lipinski definition) is 0. The standard InChI is InChI=1S/C17H22O9/c1-20-13-10-9-12(14(21-2)15(13)22-3)16(18)24-26-25-17(19)23-11-7-5-4-6-8-11/h9-11H,4-8H2,1-3H3. The van der Waals surface area contributed by atoms with Gasteiger partial charge in [-0.1, -0.05) is 6.42 Å². The highest BCUT2D eigenvalue weighted by molar-refractivity contribution is 5.93. The zero-order valence-electron chi connectivity index (χ0n) is 14.9. The average molecular weight is 370 g/mol. The van der Waals surface area contributed by atoms with Crippen molar-refractivity contribution >= 4 is 12.1 Å². The molecule has 0 radical (unpaired) electrons. The van der Waals surface area contributed by atoms with E-state index in [0.717, 1.165) is 32.1 Å². The highest BCUT2D eigenvalue weighted by Gasteiger charge is 2.24. The number of methoxy groups -OCH3 is 3. The van der Waals surface area contributed by atoms with Crippen LogP contribution in [-0.4, -0.2) is 39.6 Å². The Morgan fingerprint density at radius 2 is 1.58 bits per heavy atom. The van der Waals surface area contributed by atoms with Crippen LogP contribution in [0.5, 0.6) is 17.2 Å². The van der Waals surface area contributed by atoms with Crippen LogP contribution in [0.4, 0.5) is 4.79 Å². The number of carbonyl (C=O) groups is 2. The molecule has 0 saturated heterocycles. The van der Waals surface area contributed by atoms with Crippen molar-refractivity contribution in [3.63, 3.8) is 0 Å². The van der Waals surface area contributed by atoms with Crippen molar-refractivity contribution in [2.45, 2.75) is 38.2 Å². The lowest BCUT2D eigenvalue weighted by molar-refractivity contribution is -0.453. The molecule has 0 N–H and O–H groups in total. The molecule has 1 aliphatic rings. The fraction of sp³-hybridized carbons (Fsp3) is 0.529. The van der Waals surface area contributed by atoms with Gasteiger partial charge in [0.1, 0.15) is 11.7 Å². The monoisotopic (exact) mass is 370 g/mol. The van der Waals surface area contributed by atoms with E-state index in [1.807, 2.05) is 0 Å². The summed E-state index contributed by atoms with van der Waals surface area (Å²) in [6.45, 7) is 0. The lowest BCUT2D eigenvalue weighted by atomic mass is 9.98. The Morgan fingerprint density at radius 1 is 0.885 bits per heavy atom. The van der Waals surface area contributed by atoms with Crippen LogP contribution < -0.4 is 14.2 Å². The molecule has 2 rings (SSSR count). The topological polar surface area (TPSA) is 98.8 Å². The predicted molar refractivity (Wildman–Crippen MR) is 87.0 cm³/mol. The zero-order valence-corrected chi connectivity index (χ0v) is 14.9. The van der Waals surface area contributed by atoms with Crippen LogP contribution in [0, 0.1) is 0 Å². The first-order valence-corrected chi connectivity index (χ1v) is 8.15. The number of ether oxygens (including phenoxy) is 4. The van der Waals surface area contributed by atoms with Gasteiger partial charge in [0, 0.05) is 0 Å². The van der Waals surface area contributed by atoms with E-state index in [4.69, 9.17) is 18.9 Å². The minimum atomic E-state index is -1.07. The number of benzene rings is 1. The normalized spacial score (nSPS) is 14.3. The molecular formula is C17H22O9. The van der Waals surface area contributed by atoms with Crippen molar-refractivity contribution in [3.05, 3.63) is 17.7 Å². The van der Waals surface area contributed by atoms with E-state index in [1.54, 1.807) is 0 Å². The van der Waals surface area contributed by atoms with E-state index in [9.17, 15) is 9.59 Å². The zero-order chi connectivity index (χ0) is 18.9. The van der Waals surface area contributed by atoms with Crippen molar-refractivity contribution in [2.24, 2.45) is 0 Å². The Morgan fingerprint density at radius 3 is 2.19 bits per heavy atom. The van der Waals surface area contributed by atoms with Gasteiger partial charge in [0.25, 0.3) is 0 Å². The second-order valence-corrected chi connectivity index (χ2v) is 5.53. The SMILES string of the molecule is COc1ccc(C(=O)OOOC(=O)OC2CCCCC2)c(OC)c1OC. The molecule has 1 aromatic rings. The van der Waals surface area contributed by atoms with E-state index in [0.29, 0.717) is 5.75 Å². The third kappa shape index (κ3) is 4.92. The van der Waals surface area contributed by atoms with Crippen molar-refractivity contribution in [1.29, 1.82) is 0 Å². The van der Waals surface area contributed by atoms with Gasteiger partial charge in [-0.2, -0.15) is 0 Å². The maximum atomic E-state index is 12.1. The number of hydrogen-bond acceptors (Lipinski definition) is 9. The van der Waals surface area contributed by atoms with E-state index in [2.05, 4.69) is 14.8 Å². The minimum absolute atomic E-state index is 0.00519. The smallest absolute Gasteiger partial charge is 0.493 e. The second kappa shape index (κ2) is 9.71. The van der Waals surface area contributed by atoms with E-state index in [-0.39, 0.29) is 23.2 Å². The summed E-state index contributed by atoms with van der Waals surface area (Å²) in [7, 11) is 4.20. The lowest BCUT2D eigenvalue weighted by Gasteiger charge is -2.20. The molecule has 0 heterocycles. The van der Waals surface area contributed by atoms with E-state index < -0.39 is 12.1 Å². The van der Waals surface area contributed by atoms with Gasteiger partial charge in [-0.25, -0.2) is 14.5 Å². The van der Waals surface area contributed by atoms with Crippen molar-refractivity contribution in [3.8, 4) is 17.2 Å². The fourth-order valence-corrected chi connectivity index (χ4v) is 2.72. The molecule has 9 nitrogen and oxygen atoms in total. The van der Waals surface area contributed by atoms with Crippen LogP contribution in [0.25, 0.3) is 0 Å². The molecule has 1 fully saturated rings. The number of rotatable bonds is 7.